The first-order valence-corrected chi connectivity index (χ1v) is 17.1. The molecule has 6 aromatic carbocycles. The van der Waals surface area contributed by atoms with Gasteiger partial charge >= 0.3 is 0 Å². The Bertz CT molecular complexity index is 2550. The van der Waals surface area contributed by atoms with Crippen LogP contribution in [0, 0.1) is 22.7 Å². The maximum absolute atomic E-state index is 10.5. The van der Waals surface area contributed by atoms with Crippen molar-refractivity contribution in [2.75, 3.05) is 4.90 Å². The predicted octanol–water partition coefficient (Wildman–Crippen LogP) is 11.4. The molecular weight excluding hydrogens is 609 g/mol. The van der Waals surface area contributed by atoms with Gasteiger partial charge in [-0.05, 0) is 89.7 Å². The minimum absolute atomic E-state index is 0.0578. The summed E-state index contributed by atoms with van der Waals surface area (Å²) in [7, 11) is 0. The number of nitrogens with zero attached hydrogens (tertiary/aromatic N) is 4. The van der Waals surface area contributed by atoms with E-state index in [2.05, 4.69) is 150 Å². The van der Waals surface area contributed by atoms with Gasteiger partial charge in [0.1, 0.15) is 6.07 Å². The van der Waals surface area contributed by atoms with Gasteiger partial charge in [-0.25, -0.2) is 0 Å². The van der Waals surface area contributed by atoms with E-state index in [1.165, 1.54) is 5.56 Å². The average molecular weight is 643 g/mol. The lowest BCUT2D eigenvalue weighted by Crippen LogP contribution is -2.30. The number of fused-ring (bicyclic) bond motifs is 4. The number of para-hydroxylation sites is 3. The van der Waals surface area contributed by atoms with Crippen LogP contribution in [-0.4, -0.2) is 10.6 Å². The van der Waals surface area contributed by atoms with Crippen LogP contribution in [0.15, 0.2) is 158 Å². The van der Waals surface area contributed by atoms with Crippen LogP contribution in [0.1, 0.15) is 30.0 Å². The molecule has 0 aliphatic carbocycles. The first-order valence-electron chi connectivity index (χ1n) is 17.1. The van der Waals surface area contributed by atoms with Crippen molar-refractivity contribution in [3.8, 4) is 40.1 Å². The third-order valence-electron chi connectivity index (χ3n) is 9.73. The fraction of sp³-hybridized carbons (Fsp3) is 0.0870. The fourth-order valence-corrected chi connectivity index (χ4v) is 7.39. The molecule has 4 nitrogen and oxygen atoms in total. The third kappa shape index (κ3) is 5.34. The summed E-state index contributed by atoms with van der Waals surface area (Å²) in [4.78, 5) is 2.38. The molecule has 238 valence electrons. The van der Waals surface area contributed by atoms with E-state index >= 15 is 0 Å². The second-order valence-electron chi connectivity index (χ2n) is 12.6. The van der Waals surface area contributed by atoms with Crippen LogP contribution in [0.25, 0.3) is 49.7 Å². The number of hydrogen-bond donors (Lipinski definition) is 0. The number of nitriles is 2. The molecule has 7 aromatic rings. The first kappa shape index (κ1) is 30.7. The molecule has 0 fully saturated rings. The van der Waals surface area contributed by atoms with Crippen LogP contribution in [-0.2, 0) is 6.42 Å². The Kier molecular flexibility index (Phi) is 8.05. The van der Waals surface area contributed by atoms with Gasteiger partial charge in [-0.1, -0.05) is 110 Å². The number of aromatic nitrogens is 1. The molecule has 4 heteroatoms. The van der Waals surface area contributed by atoms with Crippen LogP contribution in [0.4, 0.5) is 11.4 Å². The topological polar surface area (TPSA) is 55.8 Å². The van der Waals surface area contributed by atoms with Gasteiger partial charge in [0.15, 0.2) is 0 Å². The van der Waals surface area contributed by atoms with Crippen molar-refractivity contribution in [3.05, 3.63) is 174 Å². The van der Waals surface area contributed by atoms with E-state index < -0.39 is 0 Å². The van der Waals surface area contributed by atoms with E-state index in [-0.39, 0.29) is 6.04 Å². The molecule has 0 saturated carbocycles. The minimum Gasteiger partial charge on any atom is -0.333 e. The average Bonchev–Trinajstić information content (AvgIpc) is 3.55. The lowest BCUT2D eigenvalue weighted by atomic mass is 9.94. The molecule has 8 rings (SSSR count). The van der Waals surface area contributed by atoms with E-state index in [1.807, 2.05) is 36.4 Å². The lowest BCUT2D eigenvalue weighted by molar-refractivity contribution is 0.747. The monoisotopic (exact) mass is 642 g/mol. The summed E-state index contributed by atoms with van der Waals surface area (Å²) in [6.45, 7) is 2.20. The normalized spacial score (nSPS) is 15.3. The summed E-state index contributed by atoms with van der Waals surface area (Å²) < 4.78 is 2.28. The van der Waals surface area contributed by atoms with Gasteiger partial charge in [-0.2, -0.15) is 10.5 Å². The molecule has 0 bridgehead atoms. The Morgan fingerprint density at radius 1 is 0.660 bits per heavy atom. The summed E-state index contributed by atoms with van der Waals surface area (Å²) in [5, 5.41) is 22.3. The maximum atomic E-state index is 10.5. The van der Waals surface area contributed by atoms with E-state index in [1.54, 1.807) is 0 Å². The van der Waals surface area contributed by atoms with Crippen molar-refractivity contribution in [1.29, 1.82) is 10.5 Å². The molecule has 0 saturated heterocycles. The van der Waals surface area contributed by atoms with E-state index in [0.717, 1.165) is 74.0 Å². The van der Waals surface area contributed by atoms with Crippen LogP contribution in [0.5, 0.6) is 0 Å². The second-order valence-corrected chi connectivity index (χ2v) is 12.6. The van der Waals surface area contributed by atoms with Crippen molar-refractivity contribution >= 4 is 33.2 Å². The van der Waals surface area contributed by atoms with E-state index in [9.17, 15) is 10.5 Å². The van der Waals surface area contributed by atoms with E-state index in [4.69, 9.17) is 0 Å². The summed E-state index contributed by atoms with van der Waals surface area (Å²) in [6, 6.07) is 51.1. The molecule has 2 heterocycles. The molecule has 0 amide bonds. The first-order chi connectivity index (χ1) is 24.7. The molecule has 50 heavy (non-hydrogen) atoms. The standard InChI is InChI=1S/C46H34N4/c1-2-38-19-5-3-4-13-33-14-6-8-23-43(33)50(38)46-37(31-48)18-12-22-40(46)36-17-10-15-34(28-36)35-16-11-20-39(29-35)49-44-24-9-7-21-41(44)42-27-32(30-47)25-26-45(42)49/h3-12,14-29,38H,2,13H2,1H3/b4-3-,19-5-. The smallest absolute Gasteiger partial charge is 0.101 e. The van der Waals surface area contributed by atoms with Gasteiger partial charge in [0.2, 0.25) is 0 Å². The molecule has 0 radical (unpaired) electrons. The summed E-state index contributed by atoms with van der Waals surface area (Å²) in [5.41, 5.74) is 12.0. The number of anilines is 2. The lowest BCUT2D eigenvalue weighted by Gasteiger charge is -2.35. The van der Waals surface area contributed by atoms with Crippen molar-refractivity contribution in [2.24, 2.45) is 0 Å². The zero-order valence-corrected chi connectivity index (χ0v) is 27.8. The largest absolute Gasteiger partial charge is 0.333 e. The van der Waals surface area contributed by atoms with Gasteiger partial charge in [0.25, 0.3) is 0 Å². The molecular formula is C46H34N4. The quantitative estimate of drug-likeness (QED) is 0.188. The summed E-state index contributed by atoms with van der Waals surface area (Å²) >= 11 is 0. The number of rotatable bonds is 5. The summed E-state index contributed by atoms with van der Waals surface area (Å²) in [6.07, 6.45) is 10.4. The van der Waals surface area contributed by atoms with Crippen LogP contribution in [0.3, 0.4) is 0 Å². The van der Waals surface area contributed by atoms with E-state index in [0.29, 0.717) is 11.1 Å². The molecule has 1 aromatic heterocycles. The third-order valence-corrected chi connectivity index (χ3v) is 9.73. The second kappa shape index (κ2) is 13.1. The summed E-state index contributed by atoms with van der Waals surface area (Å²) in [5.74, 6) is 0. The van der Waals surface area contributed by atoms with Crippen LogP contribution in [0.2, 0.25) is 0 Å². The fourth-order valence-electron chi connectivity index (χ4n) is 7.39. The highest BCUT2D eigenvalue weighted by atomic mass is 15.2. The van der Waals surface area contributed by atoms with Crippen molar-refractivity contribution < 1.29 is 0 Å². The van der Waals surface area contributed by atoms with Crippen LogP contribution < -0.4 is 4.90 Å². The molecule has 1 atom stereocenters. The van der Waals surface area contributed by atoms with Crippen LogP contribution >= 0.6 is 0 Å². The van der Waals surface area contributed by atoms with Gasteiger partial charge in [0, 0.05) is 27.7 Å². The molecule has 1 aliphatic rings. The van der Waals surface area contributed by atoms with Gasteiger partial charge in [-0.3, -0.25) is 0 Å². The predicted molar refractivity (Wildman–Crippen MR) is 206 cm³/mol. The Balaban J connectivity index is 1.28. The van der Waals surface area contributed by atoms with Gasteiger partial charge in [0.05, 0.1) is 40.0 Å². The number of hydrogen-bond acceptors (Lipinski definition) is 3. The Morgan fingerprint density at radius 3 is 2.28 bits per heavy atom. The van der Waals surface area contributed by atoms with Gasteiger partial charge < -0.3 is 9.47 Å². The Hall–Kier alpha value is -6.62. The van der Waals surface area contributed by atoms with Gasteiger partial charge in [-0.15, -0.1) is 0 Å². The highest BCUT2D eigenvalue weighted by Crippen LogP contribution is 2.43. The van der Waals surface area contributed by atoms with Crippen molar-refractivity contribution in [1.82, 2.24) is 4.57 Å². The molecule has 0 N–H and O–H groups in total. The molecule has 0 spiro atoms. The van der Waals surface area contributed by atoms with Crippen molar-refractivity contribution in [3.63, 3.8) is 0 Å². The Morgan fingerprint density at radius 2 is 1.42 bits per heavy atom. The molecule has 1 unspecified atom stereocenters. The zero-order valence-electron chi connectivity index (χ0n) is 27.8. The SMILES string of the molecule is CCC1/C=C\C=C/Cc2ccccc2N1c1c(C#N)cccc1-c1cccc(-c2cccc(-n3c4ccccc4c4cc(C#N)ccc43)c2)c1. The number of benzene rings is 6. The highest BCUT2D eigenvalue weighted by molar-refractivity contribution is 6.09. The number of allylic oxidation sites excluding steroid dienone is 3. The maximum Gasteiger partial charge on any atom is 0.101 e. The highest BCUT2D eigenvalue weighted by Gasteiger charge is 2.26. The Labute approximate surface area is 292 Å². The van der Waals surface area contributed by atoms with Crippen molar-refractivity contribution in [2.45, 2.75) is 25.8 Å². The minimum atomic E-state index is 0.0578. The zero-order chi connectivity index (χ0) is 34.0. The molecule has 1 aliphatic heterocycles.